The van der Waals surface area contributed by atoms with Crippen LogP contribution in [0.4, 0.5) is 19.0 Å². The van der Waals surface area contributed by atoms with Crippen molar-refractivity contribution >= 4 is 44.5 Å². The molecule has 2 N–H and O–H groups in total. The number of anilines is 1. The third-order valence-electron chi connectivity index (χ3n) is 6.98. The number of hydrogen-bond acceptors (Lipinski definition) is 4. The van der Waals surface area contributed by atoms with Gasteiger partial charge < -0.3 is 15.3 Å². The zero-order valence-electron chi connectivity index (χ0n) is 21.2. The van der Waals surface area contributed by atoms with Gasteiger partial charge in [-0.25, -0.2) is 18.2 Å². The molecular weight excluding hydrogens is 563 g/mol. The summed E-state index contributed by atoms with van der Waals surface area (Å²) in [5.74, 6) is -4.81. The Balaban J connectivity index is 1.70. The topological polar surface area (TPSA) is 82.5 Å². The number of carboxylic acids is 1. The maximum absolute atomic E-state index is 14.2. The van der Waals surface area contributed by atoms with Gasteiger partial charge in [-0.05, 0) is 68.1 Å². The van der Waals surface area contributed by atoms with Gasteiger partial charge in [0.1, 0.15) is 11.6 Å². The van der Waals surface area contributed by atoms with Crippen LogP contribution in [-0.2, 0) is 4.79 Å². The number of nitrogens with zero attached hydrogens (tertiary/aromatic N) is 2. The van der Waals surface area contributed by atoms with E-state index in [0.717, 1.165) is 10.0 Å². The highest BCUT2D eigenvalue weighted by Gasteiger charge is 2.37. The zero-order valence-corrected chi connectivity index (χ0v) is 22.7. The van der Waals surface area contributed by atoms with E-state index in [2.05, 4.69) is 26.2 Å². The van der Waals surface area contributed by atoms with Crippen molar-refractivity contribution in [3.63, 3.8) is 0 Å². The van der Waals surface area contributed by atoms with Crippen LogP contribution >= 0.6 is 15.9 Å². The standard InChI is InChI=1S/C28H29BrF3N3O3/c1-16-4-7-20(30)13-21(16)18(5-9-24(36)37)14-33-27(38)25-17(2)26(35-11-3-10-28(31,32)15-35)34-23-8-6-19(29)12-22(23)25/h4,6-8,12-13,18H,3,5,9-11,14-15H2,1-2H3,(H,33,38)(H,36,37). The van der Waals surface area contributed by atoms with E-state index in [-0.39, 0.29) is 25.8 Å². The number of halogens is 4. The molecule has 0 spiro atoms. The van der Waals surface area contributed by atoms with Crippen molar-refractivity contribution in [2.75, 3.05) is 24.5 Å². The molecule has 1 atom stereocenters. The second kappa shape index (κ2) is 11.3. The fraction of sp³-hybridized carbons (Fsp3) is 0.393. The highest BCUT2D eigenvalue weighted by molar-refractivity contribution is 9.10. The number of carbonyl (C=O) groups is 2. The van der Waals surface area contributed by atoms with Gasteiger partial charge >= 0.3 is 5.97 Å². The molecule has 0 radical (unpaired) electrons. The molecule has 4 rings (SSSR count). The van der Waals surface area contributed by atoms with Gasteiger partial charge in [0.2, 0.25) is 0 Å². The Morgan fingerprint density at radius 3 is 2.68 bits per heavy atom. The molecule has 6 nitrogen and oxygen atoms in total. The molecule has 202 valence electrons. The number of carbonyl (C=O) groups excluding carboxylic acids is 1. The Kier molecular flexibility index (Phi) is 8.30. The summed E-state index contributed by atoms with van der Waals surface area (Å²) in [6.45, 7) is 3.51. The summed E-state index contributed by atoms with van der Waals surface area (Å²) < 4.78 is 43.2. The van der Waals surface area contributed by atoms with Crippen molar-refractivity contribution in [3.05, 3.63) is 68.9 Å². The SMILES string of the molecule is Cc1ccc(F)cc1C(CCC(=O)O)CNC(=O)c1c(C)c(N2CCCC(F)(F)C2)nc2ccc(Br)cc12. The number of fused-ring (bicyclic) bond motifs is 1. The monoisotopic (exact) mass is 591 g/mol. The number of piperidine rings is 1. The van der Waals surface area contributed by atoms with E-state index >= 15 is 0 Å². The smallest absolute Gasteiger partial charge is 0.303 e. The first kappa shape index (κ1) is 27.9. The number of aryl methyl sites for hydroxylation is 1. The van der Waals surface area contributed by atoms with Crippen LogP contribution < -0.4 is 10.2 Å². The Labute approximate surface area is 227 Å². The Hall–Kier alpha value is -3.14. The third-order valence-corrected chi connectivity index (χ3v) is 7.47. The van der Waals surface area contributed by atoms with Crippen molar-refractivity contribution in [2.45, 2.75) is 51.4 Å². The average Bonchev–Trinajstić information content (AvgIpc) is 2.84. The number of hydrogen-bond donors (Lipinski definition) is 2. The van der Waals surface area contributed by atoms with E-state index in [0.29, 0.717) is 46.4 Å². The van der Waals surface area contributed by atoms with E-state index in [4.69, 9.17) is 0 Å². The van der Waals surface area contributed by atoms with E-state index in [1.54, 1.807) is 31.2 Å². The van der Waals surface area contributed by atoms with E-state index in [1.165, 1.54) is 17.0 Å². The maximum Gasteiger partial charge on any atom is 0.303 e. The molecule has 1 unspecified atom stereocenters. The number of nitrogens with one attached hydrogen (secondary N) is 1. The maximum atomic E-state index is 14.2. The van der Waals surface area contributed by atoms with Gasteiger partial charge in [-0.15, -0.1) is 0 Å². The molecule has 2 aromatic carbocycles. The minimum Gasteiger partial charge on any atom is -0.481 e. The lowest BCUT2D eigenvalue weighted by molar-refractivity contribution is -0.137. The summed E-state index contributed by atoms with van der Waals surface area (Å²) in [6, 6.07) is 9.59. The van der Waals surface area contributed by atoms with Crippen LogP contribution in [0.1, 0.15) is 58.6 Å². The molecule has 0 saturated carbocycles. The number of pyridine rings is 1. The van der Waals surface area contributed by atoms with Gasteiger partial charge in [0, 0.05) is 47.3 Å². The van der Waals surface area contributed by atoms with Crippen molar-refractivity contribution in [1.29, 1.82) is 0 Å². The molecule has 0 aliphatic carbocycles. The van der Waals surface area contributed by atoms with E-state index in [9.17, 15) is 27.9 Å². The van der Waals surface area contributed by atoms with Crippen LogP contribution in [0.2, 0.25) is 0 Å². The minimum absolute atomic E-state index is 0.0742. The first-order valence-corrected chi connectivity index (χ1v) is 13.2. The molecule has 0 bridgehead atoms. The summed E-state index contributed by atoms with van der Waals surface area (Å²) in [5, 5.41) is 12.7. The number of aromatic nitrogens is 1. The molecule has 2 heterocycles. The number of benzene rings is 2. The lowest BCUT2D eigenvalue weighted by atomic mass is 9.90. The summed E-state index contributed by atoms with van der Waals surface area (Å²) in [5.41, 5.74) is 2.71. The number of amides is 1. The van der Waals surface area contributed by atoms with Gasteiger partial charge in [-0.2, -0.15) is 0 Å². The fourth-order valence-electron chi connectivity index (χ4n) is 5.09. The summed E-state index contributed by atoms with van der Waals surface area (Å²) >= 11 is 3.43. The Morgan fingerprint density at radius 1 is 1.21 bits per heavy atom. The summed E-state index contributed by atoms with van der Waals surface area (Å²) in [6.07, 6.45) is 0.184. The Morgan fingerprint density at radius 2 is 1.97 bits per heavy atom. The molecule has 1 aliphatic heterocycles. The Bertz CT molecular complexity index is 1380. The van der Waals surface area contributed by atoms with Gasteiger partial charge in [-0.3, -0.25) is 9.59 Å². The predicted molar refractivity (Wildman–Crippen MR) is 144 cm³/mol. The van der Waals surface area contributed by atoms with Gasteiger partial charge in [-0.1, -0.05) is 22.0 Å². The van der Waals surface area contributed by atoms with E-state index < -0.39 is 36.1 Å². The largest absolute Gasteiger partial charge is 0.481 e. The molecule has 1 aromatic heterocycles. The van der Waals surface area contributed by atoms with Gasteiger partial charge in [0.25, 0.3) is 11.8 Å². The lowest BCUT2D eigenvalue weighted by Crippen LogP contribution is -2.43. The van der Waals surface area contributed by atoms with Crippen LogP contribution in [0.15, 0.2) is 40.9 Å². The van der Waals surface area contributed by atoms with Crippen LogP contribution in [-0.4, -0.2) is 47.5 Å². The van der Waals surface area contributed by atoms with Crippen LogP contribution in [0, 0.1) is 19.7 Å². The van der Waals surface area contributed by atoms with Crippen molar-refractivity contribution in [1.82, 2.24) is 10.3 Å². The number of carboxylic acid groups (broad SMARTS) is 1. The van der Waals surface area contributed by atoms with Crippen LogP contribution in [0.5, 0.6) is 0 Å². The second-order valence-corrected chi connectivity index (χ2v) is 10.7. The van der Waals surface area contributed by atoms with Gasteiger partial charge in [0.15, 0.2) is 0 Å². The number of aliphatic carboxylic acids is 1. The van der Waals surface area contributed by atoms with Gasteiger partial charge in [0.05, 0.1) is 17.6 Å². The highest BCUT2D eigenvalue weighted by Crippen LogP contribution is 2.35. The molecule has 10 heteroatoms. The van der Waals surface area contributed by atoms with E-state index in [1.807, 2.05) is 6.92 Å². The van der Waals surface area contributed by atoms with Crippen molar-refractivity contribution < 1.29 is 27.9 Å². The number of alkyl halides is 2. The van der Waals surface area contributed by atoms with Crippen molar-refractivity contribution in [2.24, 2.45) is 0 Å². The lowest BCUT2D eigenvalue weighted by Gasteiger charge is -2.34. The molecule has 1 fully saturated rings. The normalized spacial score (nSPS) is 15.9. The van der Waals surface area contributed by atoms with Crippen molar-refractivity contribution in [3.8, 4) is 0 Å². The molecular formula is C28H29BrF3N3O3. The van der Waals surface area contributed by atoms with Crippen LogP contribution in [0.25, 0.3) is 10.9 Å². The highest BCUT2D eigenvalue weighted by atomic mass is 79.9. The second-order valence-electron chi connectivity index (χ2n) is 9.82. The third kappa shape index (κ3) is 6.28. The quantitative estimate of drug-likeness (QED) is 0.318. The molecule has 1 saturated heterocycles. The zero-order chi connectivity index (χ0) is 27.6. The molecule has 1 aliphatic rings. The first-order chi connectivity index (χ1) is 17.9. The first-order valence-electron chi connectivity index (χ1n) is 12.4. The fourth-order valence-corrected chi connectivity index (χ4v) is 5.45. The molecule has 3 aromatic rings. The number of rotatable bonds is 8. The summed E-state index contributed by atoms with van der Waals surface area (Å²) in [4.78, 5) is 31.1. The minimum atomic E-state index is -2.84. The summed E-state index contributed by atoms with van der Waals surface area (Å²) in [7, 11) is 0. The van der Waals surface area contributed by atoms with Crippen LogP contribution in [0.3, 0.4) is 0 Å². The molecule has 38 heavy (non-hydrogen) atoms. The predicted octanol–water partition coefficient (Wildman–Crippen LogP) is 6.37. The average molecular weight is 592 g/mol. The molecule has 1 amide bonds.